The predicted molar refractivity (Wildman–Crippen MR) is 107 cm³/mol. The van der Waals surface area contributed by atoms with E-state index in [4.69, 9.17) is 5.73 Å². The number of anilines is 2. The minimum atomic E-state index is -0.519. The van der Waals surface area contributed by atoms with Gasteiger partial charge in [0.1, 0.15) is 5.82 Å². The van der Waals surface area contributed by atoms with Crippen LogP contribution < -0.4 is 16.4 Å². The molecule has 2 aromatic carbocycles. The van der Waals surface area contributed by atoms with Crippen molar-refractivity contribution in [3.05, 3.63) is 59.4 Å². The summed E-state index contributed by atoms with van der Waals surface area (Å²) >= 11 is 0. The Hall–Kier alpha value is -2.93. The Morgan fingerprint density at radius 3 is 2.46 bits per heavy atom. The van der Waals surface area contributed by atoms with E-state index in [1.807, 2.05) is 26.0 Å². The number of rotatable bonds is 4. The Morgan fingerprint density at radius 2 is 1.75 bits per heavy atom. The van der Waals surface area contributed by atoms with Crippen molar-refractivity contribution in [3.63, 3.8) is 0 Å². The molecule has 28 heavy (non-hydrogen) atoms. The fourth-order valence-electron chi connectivity index (χ4n) is 3.25. The summed E-state index contributed by atoms with van der Waals surface area (Å²) in [6.07, 6.45) is 0.613. The van der Waals surface area contributed by atoms with Crippen molar-refractivity contribution in [2.45, 2.75) is 32.9 Å². The van der Waals surface area contributed by atoms with Crippen LogP contribution in [0.1, 0.15) is 25.0 Å². The van der Waals surface area contributed by atoms with Crippen LogP contribution in [0.5, 0.6) is 0 Å². The van der Waals surface area contributed by atoms with Gasteiger partial charge in [-0.2, -0.15) is 0 Å². The van der Waals surface area contributed by atoms with Gasteiger partial charge in [0, 0.05) is 18.8 Å². The highest BCUT2D eigenvalue weighted by Gasteiger charge is 2.27. The maximum atomic E-state index is 13.7. The Kier molecular flexibility index (Phi) is 5.94. The molecule has 0 radical (unpaired) electrons. The average molecular weight is 384 g/mol. The van der Waals surface area contributed by atoms with Gasteiger partial charge in [0.25, 0.3) is 0 Å². The molecular formula is C21H25FN4O2. The third-order valence-corrected chi connectivity index (χ3v) is 4.95. The van der Waals surface area contributed by atoms with Crippen molar-refractivity contribution in [2.24, 2.45) is 11.7 Å². The monoisotopic (exact) mass is 384 g/mol. The first-order valence-electron chi connectivity index (χ1n) is 9.34. The zero-order valence-corrected chi connectivity index (χ0v) is 16.0. The zero-order chi connectivity index (χ0) is 20.3. The molecule has 0 unspecified atom stereocenters. The number of hydrogen-bond acceptors (Lipinski definition) is 3. The number of urea groups is 1. The second-order valence-electron chi connectivity index (χ2n) is 7.28. The van der Waals surface area contributed by atoms with Crippen LogP contribution in [0.4, 0.5) is 20.6 Å². The van der Waals surface area contributed by atoms with Crippen molar-refractivity contribution in [3.8, 4) is 0 Å². The van der Waals surface area contributed by atoms with Crippen LogP contribution in [0, 0.1) is 11.7 Å². The lowest BCUT2D eigenvalue weighted by Gasteiger charge is -2.32. The number of amides is 3. The Balaban J connectivity index is 1.71. The summed E-state index contributed by atoms with van der Waals surface area (Å²) in [7, 11) is 0. The van der Waals surface area contributed by atoms with E-state index in [1.54, 1.807) is 23.1 Å². The normalized spacial score (nSPS) is 14.4. The Labute approximate surface area is 163 Å². The number of hydrogen-bond donors (Lipinski definition) is 3. The molecule has 0 bridgehead atoms. The lowest BCUT2D eigenvalue weighted by atomic mass is 9.96. The highest BCUT2D eigenvalue weighted by molar-refractivity contribution is 6.00. The number of benzene rings is 2. The summed E-state index contributed by atoms with van der Waals surface area (Å²) in [4.78, 5) is 26.6. The molecule has 3 rings (SSSR count). The van der Waals surface area contributed by atoms with Crippen LogP contribution in [0.15, 0.2) is 42.5 Å². The summed E-state index contributed by atoms with van der Waals surface area (Å²) in [6.45, 7) is 4.85. The molecule has 1 atom stereocenters. The second-order valence-corrected chi connectivity index (χ2v) is 7.28. The average Bonchev–Trinajstić information content (AvgIpc) is 2.68. The van der Waals surface area contributed by atoms with Crippen LogP contribution in [-0.4, -0.2) is 29.4 Å². The van der Waals surface area contributed by atoms with E-state index in [0.29, 0.717) is 25.2 Å². The number of nitrogens with one attached hydrogen (secondary N) is 2. The molecule has 1 heterocycles. The molecule has 2 aromatic rings. The first kappa shape index (κ1) is 19.8. The first-order chi connectivity index (χ1) is 13.4. The second kappa shape index (κ2) is 8.39. The molecule has 0 saturated heterocycles. The van der Waals surface area contributed by atoms with E-state index in [2.05, 4.69) is 10.6 Å². The highest BCUT2D eigenvalue weighted by atomic mass is 19.1. The van der Waals surface area contributed by atoms with Crippen LogP contribution in [0.2, 0.25) is 0 Å². The zero-order valence-electron chi connectivity index (χ0n) is 16.0. The summed E-state index contributed by atoms with van der Waals surface area (Å²) in [6, 6.07) is 10.5. The van der Waals surface area contributed by atoms with Crippen molar-refractivity contribution >= 4 is 23.3 Å². The number of nitrogens with two attached hydrogens (primary N) is 1. The topological polar surface area (TPSA) is 87.5 Å². The van der Waals surface area contributed by atoms with Gasteiger partial charge >= 0.3 is 6.03 Å². The lowest BCUT2D eigenvalue weighted by Crippen LogP contribution is -2.48. The summed E-state index contributed by atoms with van der Waals surface area (Å²) in [5.74, 6) is -0.483. The van der Waals surface area contributed by atoms with Crippen molar-refractivity contribution in [1.82, 2.24) is 4.90 Å². The molecule has 7 heteroatoms. The molecule has 0 spiro atoms. The third kappa shape index (κ3) is 4.31. The van der Waals surface area contributed by atoms with Gasteiger partial charge in [-0.05, 0) is 41.7 Å². The van der Waals surface area contributed by atoms with Gasteiger partial charge in [-0.1, -0.05) is 38.1 Å². The van der Waals surface area contributed by atoms with Crippen LogP contribution >= 0.6 is 0 Å². The standard InChI is InChI=1S/C21H25FN4O2/c1-13(2)19(23)20(27)26-11-10-15-14(12-26)6-5-9-17(15)24-21(28)25-18-8-4-3-7-16(18)22/h3-9,13,19H,10-12,23H2,1-2H3,(H2,24,25,28)/t19-/m0/s1. The molecule has 0 fully saturated rings. The third-order valence-electron chi connectivity index (χ3n) is 4.95. The molecule has 4 N–H and O–H groups in total. The summed E-state index contributed by atoms with van der Waals surface area (Å²) in [5, 5.41) is 5.30. The van der Waals surface area contributed by atoms with Gasteiger partial charge in [-0.15, -0.1) is 0 Å². The summed E-state index contributed by atoms with van der Waals surface area (Å²) in [5.41, 5.74) is 8.73. The molecule has 0 saturated carbocycles. The van der Waals surface area contributed by atoms with Gasteiger partial charge < -0.3 is 21.3 Å². The first-order valence-corrected chi connectivity index (χ1v) is 9.34. The van der Waals surface area contributed by atoms with E-state index < -0.39 is 17.9 Å². The summed E-state index contributed by atoms with van der Waals surface area (Å²) < 4.78 is 13.7. The number of carbonyl (C=O) groups is 2. The Morgan fingerprint density at radius 1 is 1.07 bits per heavy atom. The van der Waals surface area contributed by atoms with E-state index >= 15 is 0 Å². The minimum Gasteiger partial charge on any atom is -0.337 e. The number of nitrogens with zero attached hydrogens (tertiary/aromatic N) is 1. The molecule has 1 aliphatic heterocycles. The van der Waals surface area contributed by atoms with Crippen LogP contribution in [-0.2, 0) is 17.8 Å². The quantitative estimate of drug-likeness (QED) is 0.756. The number of fused-ring (bicyclic) bond motifs is 1. The van der Waals surface area contributed by atoms with E-state index in [1.165, 1.54) is 12.1 Å². The molecule has 0 aromatic heterocycles. The van der Waals surface area contributed by atoms with Crippen molar-refractivity contribution < 1.29 is 14.0 Å². The van der Waals surface area contributed by atoms with E-state index in [9.17, 15) is 14.0 Å². The molecular weight excluding hydrogens is 359 g/mol. The van der Waals surface area contributed by atoms with Gasteiger partial charge in [-0.3, -0.25) is 4.79 Å². The Bertz CT molecular complexity index is 884. The fourth-order valence-corrected chi connectivity index (χ4v) is 3.25. The van der Waals surface area contributed by atoms with E-state index in [-0.39, 0.29) is 17.5 Å². The molecule has 6 nitrogen and oxygen atoms in total. The predicted octanol–water partition coefficient (Wildman–Crippen LogP) is 3.34. The minimum absolute atomic E-state index is 0.0590. The molecule has 148 valence electrons. The number of para-hydroxylation sites is 1. The van der Waals surface area contributed by atoms with Crippen LogP contribution in [0.3, 0.4) is 0 Å². The van der Waals surface area contributed by atoms with Crippen molar-refractivity contribution in [2.75, 3.05) is 17.2 Å². The SMILES string of the molecule is CC(C)[C@H](N)C(=O)N1CCc2c(cccc2NC(=O)Nc2ccccc2F)C1. The fraction of sp³-hybridized carbons (Fsp3) is 0.333. The highest BCUT2D eigenvalue weighted by Crippen LogP contribution is 2.27. The number of halogens is 1. The molecule has 0 aliphatic carbocycles. The van der Waals surface area contributed by atoms with Crippen LogP contribution in [0.25, 0.3) is 0 Å². The van der Waals surface area contributed by atoms with Crippen molar-refractivity contribution in [1.29, 1.82) is 0 Å². The van der Waals surface area contributed by atoms with Gasteiger partial charge in [0.15, 0.2) is 0 Å². The maximum absolute atomic E-state index is 13.7. The van der Waals surface area contributed by atoms with Gasteiger partial charge in [0.05, 0.1) is 11.7 Å². The van der Waals surface area contributed by atoms with E-state index in [0.717, 1.165) is 11.1 Å². The smallest absolute Gasteiger partial charge is 0.323 e. The maximum Gasteiger partial charge on any atom is 0.323 e. The lowest BCUT2D eigenvalue weighted by molar-refractivity contribution is -0.134. The van der Waals surface area contributed by atoms with Gasteiger partial charge in [-0.25, -0.2) is 9.18 Å². The molecule has 1 aliphatic rings. The van der Waals surface area contributed by atoms with Gasteiger partial charge in [0.2, 0.25) is 5.91 Å². The largest absolute Gasteiger partial charge is 0.337 e. The number of carbonyl (C=O) groups excluding carboxylic acids is 2. The molecule has 3 amide bonds.